The molecular weight excluding hydrogens is 335 g/mol. The molecule has 1 aromatic carbocycles. The minimum atomic E-state index is 0.384. The number of rotatable bonds is 5. The van der Waals surface area contributed by atoms with E-state index in [1.807, 2.05) is 6.92 Å². The summed E-state index contributed by atoms with van der Waals surface area (Å²) in [5, 5.41) is 7.36. The molecule has 1 heterocycles. The molecular formula is C13H13Cl3N4O. The Morgan fingerprint density at radius 1 is 1.05 bits per heavy atom. The smallest absolute Gasteiger partial charge is 0.204 e. The maximum absolute atomic E-state index is 6.14. The first-order valence-electron chi connectivity index (χ1n) is 6.11. The zero-order valence-corrected chi connectivity index (χ0v) is 13.6. The molecule has 0 saturated carbocycles. The zero-order chi connectivity index (χ0) is 15.4. The summed E-state index contributed by atoms with van der Waals surface area (Å²) >= 11 is 18.1. The van der Waals surface area contributed by atoms with Gasteiger partial charge in [-0.1, -0.05) is 34.8 Å². The van der Waals surface area contributed by atoms with Gasteiger partial charge in [0.05, 0.1) is 27.9 Å². The van der Waals surface area contributed by atoms with E-state index in [4.69, 9.17) is 39.5 Å². The monoisotopic (exact) mass is 346 g/mol. The lowest BCUT2D eigenvalue weighted by molar-refractivity contribution is 0.415. The van der Waals surface area contributed by atoms with Gasteiger partial charge >= 0.3 is 0 Å². The first-order valence-corrected chi connectivity index (χ1v) is 7.24. The van der Waals surface area contributed by atoms with E-state index in [-0.39, 0.29) is 0 Å². The normalized spacial score (nSPS) is 10.3. The van der Waals surface area contributed by atoms with Crippen molar-refractivity contribution in [2.45, 2.75) is 6.92 Å². The first kappa shape index (κ1) is 15.9. The molecule has 0 saturated heterocycles. The van der Waals surface area contributed by atoms with Crippen LogP contribution in [0.4, 0.5) is 17.3 Å². The SMILES string of the molecule is CCNc1ncnc(Nc2cc(Cl)c(Cl)cc2Cl)c1OC. The first-order chi connectivity index (χ1) is 10.1. The second-order valence-corrected chi connectivity index (χ2v) is 5.23. The second-order valence-electron chi connectivity index (χ2n) is 4.01. The van der Waals surface area contributed by atoms with Crippen LogP contribution in [0.25, 0.3) is 0 Å². The average Bonchev–Trinajstić information content (AvgIpc) is 2.45. The van der Waals surface area contributed by atoms with Crippen LogP contribution in [-0.2, 0) is 0 Å². The minimum absolute atomic E-state index is 0.384. The molecule has 0 aliphatic carbocycles. The van der Waals surface area contributed by atoms with E-state index in [0.717, 1.165) is 0 Å². The van der Waals surface area contributed by atoms with Gasteiger partial charge in [0.25, 0.3) is 0 Å². The van der Waals surface area contributed by atoms with Crippen LogP contribution >= 0.6 is 34.8 Å². The second kappa shape index (κ2) is 7.02. The fourth-order valence-corrected chi connectivity index (χ4v) is 2.29. The van der Waals surface area contributed by atoms with Crippen molar-refractivity contribution in [3.8, 4) is 5.75 Å². The standard InChI is InChI=1S/C13H13Cl3N4O/c1-3-17-12-11(21-2)13(19-6-18-12)20-10-5-8(15)7(14)4-9(10)16/h4-6H,3H2,1-2H3,(H2,17,18,19,20). The number of anilines is 3. The third kappa shape index (κ3) is 3.61. The lowest BCUT2D eigenvalue weighted by atomic mass is 10.3. The highest BCUT2D eigenvalue weighted by molar-refractivity contribution is 6.44. The van der Waals surface area contributed by atoms with Crippen molar-refractivity contribution in [1.29, 1.82) is 0 Å². The molecule has 0 unspecified atom stereocenters. The van der Waals surface area contributed by atoms with Crippen LogP contribution in [0.5, 0.6) is 5.75 Å². The molecule has 112 valence electrons. The summed E-state index contributed by atoms with van der Waals surface area (Å²) in [6, 6.07) is 3.19. The predicted molar refractivity (Wildman–Crippen MR) is 87.5 cm³/mol. The van der Waals surface area contributed by atoms with E-state index in [1.54, 1.807) is 19.2 Å². The van der Waals surface area contributed by atoms with Gasteiger partial charge in [-0.15, -0.1) is 0 Å². The lowest BCUT2D eigenvalue weighted by Gasteiger charge is -2.14. The topological polar surface area (TPSA) is 59.1 Å². The number of halogens is 3. The summed E-state index contributed by atoms with van der Waals surface area (Å²) in [7, 11) is 1.54. The molecule has 0 radical (unpaired) electrons. The van der Waals surface area contributed by atoms with Crippen LogP contribution in [0.1, 0.15) is 6.92 Å². The molecule has 1 aromatic heterocycles. The molecule has 0 amide bonds. The molecule has 0 bridgehead atoms. The van der Waals surface area contributed by atoms with E-state index in [9.17, 15) is 0 Å². The van der Waals surface area contributed by atoms with Crippen LogP contribution in [0.15, 0.2) is 18.5 Å². The maximum atomic E-state index is 6.14. The third-order valence-electron chi connectivity index (χ3n) is 2.62. The summed E-state index contributed by atoms with van der Waals surface area (Å²) in [6.45, 7) is 2.67. The summed E-state index contributed by atoms with van der Waals surface area (Å²) in [5.74, 6) is 1.55. The fraction of sp³-hybridized carbons (Fsp3) is 0.231. The molecule has 2 aromatic rings. The summed E-state index contributed by atoms with van der Waals surface area (Å²) in [4.78, 5) is 8.29. The molecule has 2 rings (SSSR count). The van der Waals surface area contributed by atoms with Crippen molar-refractivity contribution in [1.82, 2.24) is 9.97 Å². The van der Waals surface area contributed by atoms with Gasteiger partial charge in [0.15, 0.2) is 11.6 Å². The Kier molecular flexibility index (Phi) is 5.33. The third-order valence-corrected chi connectivity index (χ3v) is 3.65. The van der Waals surface area contributed by atoms with Crippen LogP contribution in [-0.4, -0.2) is 23.6 Å². The van der Waals surface area contributed by atoms with Gasteiger partial charge in [-0.05, 0) is 19.1 Å². The quantitative estimate of drug-likeness (QED) is 0.773. The van der Waals surface area contributed by atoms with E-state index in [1.165, 1.54) is 6.33 Å². The molecule has 0 fully saturated rings. The lowest BCUT2D eigenvalue weighted by Crippen LogP contribution is -2.06. The largest absolute Gasteiger partial charge is 0.490 e. The number of hydrogen-bond acceptors (Lipinski definition) is 5. The van der Waals surface area contributed by atoms with E-state index < -0.39 is 0 Å². The zero-order valence-electron chi connectivity index (χ0n) is 11.4. The highest BCUT2D eigenvalue weighted by Gasteiger charge is 2.14. The van der Waals surface area contributed by atoms with Gasteiger partial charge in [0.1, 0.15) is 6.33 Å². The Morgan fingerprint density at radius 3 is 2.38 bits per heavy atom. The van der Waals surface area contributed by atoms with Gasteiger partial charge in [0, 0.05) is 6.54 Å². The minimum Gasteiger partial charge on any atom is -0.490 e. The molecule has 0 atom stereocenters. The summed E-state index contributed by atoms with van der Waals surface area (Å²) in [5.41, 5.74) is 0.575. The van der Waals surface area contributed by atoms with Crippen LogP contribution in [0, 0.1) is 0 Å². The van der Waals surface area contributed by atoms with Crippen molar-refractivity contribution in [3.05, 3.63) is 33.5 Å². The highest BCUT2D eigenvalue weighted by Crippen LogP contribution is 2.36. The summed E-state index contributed by atoms with van der Waals surface area (Å²) in [6.07, 6.45) is 1.42. The molecule has 21 heavy (non-hydrogen) atoms. The molecule has 8 heteroatoms. The highest BCUT2D eigenvalue weighted by atomic mass is 35.5. The number of nitrogens with zero attached hydrogens (tertiary/aromatic N) is 2. The van der Waals surface area contributed by atoms with Crippen molar-refractivity contribution in [2.75, 3.05) is 24.3 Å². The average molecular weight is 348 g/mol. The maximum Gasteiger partial charge on any atom is 0.204 e. The predicted octanol–water partition coefficient (Wildman–Crippen LogP) is 4.62. The van der Waals surface area contributed by atoms with Gasteiger partial charge in [0.2, 0.25) is 5.75 Å². The number of nitrogens with one attached hydrogen (secondary N) is 2. The number of hydrogen-bond donors (Lipinski definition) is 2. The summed E-state index contributed by atoms with van der Waals surface area (Å²) < 4.78 is 5.34. The molecule has 0 spiro atoms. The molecule has 0 aliphatic heterocycles. The van der Waals surface area contributed by atoms with Crippen molar-refractivity contribution in [2.24, 2.45) is 0 Å². The van der Waals surface area contributed by atoms with Crippen molar-refractivity contribution in [3.63, 3.8) is 0 Å². The fourth-order valence-electron chi connectivity index (χ4n) is 1.70. The van der Waals surface area contributed by atoms with Crippen LogP contribution in [0.3, 0.4) is 0 Å². The van der Waals surface area contributed by atoms with Gasteiger partial charge in [-0.2, -0.15) is 0 Å². The number of ether oxygens (including phenoxy) is 1. The molecule has 2 N–H and O–H groups in total. The Hall–Kier alpha value is -1.43. The number of methoxy groups -OCH3 is 1. The number of benzene rings is 1. The van der Waals surface area contributed by atoms with Gasteiger partial charge < -0.3 is 15.4 Å². The van der Waals surface area contributed by atoms with Crippen molar-refractivity contribution >= 4 is 52.1 Å². The van der Waals surface area contributed by atoms with E-state index in [2.05, 4.69) is 20.6 Å². The van der Waals surface area contributed by atoms with Crippen molar-refractivity contribution < 1.29 is 4.74 Å². The Balaban J connectivity index is 2.40. The van der Waals surface area contributed by atoms with Gasteiger partial charge in [-0.3, -0.25) is 0 Å². The van der Waals surface area contributed by atoms with E-state index in [0.29, 0.717) is 44.7 Å². The van der Waals surface area contributed by atoms with Crippen LogP contribution in [0.2, 0.25) is 15.1 Å². The Labute approximate surface area is 137 Å². The Bertz CT molecular complexity index is 652. The Morgan fingerprint density at radius 2 is 1.71 bits per heavy atom. The molecule has 0 aliphatic rings. The molecule has 5 nitrogen and oxygen atoms in total. The number of aromatic nitrogens is 2. The van der Waals surface area contributed by atoms with Gasteiger partial charge in [-0.25, -0.2) is 9.97 Å². The van der Waals surface area contributed by atoms with E-state index >= 15 is 0 Å². The van der Waals surface area contributed by atoms with Crippen LogP contribution < -0.4 is 15.4 Å².